The molecule has 1 saturated heterocycles. The first-order valence-electron chi connectivity index (χ1n) is 11.1. The van der Waals surface area contributed by atoms with Crippen molar-refractivity contribution in [2.75, 3.05) is 44.3 Å². The summed E-state index contributed by atoms with van der Waals surface area (Å²) < 4.78 is 86.6. The molecule has 0 N–H and O–H groups in total. The molecule has 2 heterocycles. The van der Waals surface area contributed by atoms with Gasteiger partial charge in [-0.15, -0.1) is 0 Å². The first-order chi connectivity index (χ1) is 16.8. The molecule has 0 atom stereocenters. The summed E-state index contributed by atoms with van der Waals surface area (Å²) in [4.78, 5) is 21.3. The van der Waals surface area contributed by atoms with Crippen molar-refractivity contribution in [3.05, 3.63) is 58.1 Å². The van der Waals surface area contributed by atoms with Gasteiger partial charge in [-0.05, 0) is 43.2 Å². The van der Waals surface area contributed by atoms with Gasteiger partial charge in [0.1, 0.15) is 0 Å². The second-order valence-electron chi connectivity index (χ2n) is 8.58. The van der Waals surface area contributed by atoms with Crippen LogP contribution in [0.3, 0.4) is 0 Å². The van der Waals surface area contributed by atoms with Crippen molar-refractivity contribution in [1.82, 2.24) is 9.88 Å². The zero-order chi connectivity index (χ0) is 26.3. The highest BCUT2D eigenvalue weighted by Gasteiger charge is 2.38. The number of morpholine rings is 1. The molecule has 1 aromatic heterocycles. The molecule has 1 aliphatic rings. The number of rotatable bonds is 5. The fraction of sp³-hybridized carbons (Fsp3) is 0.417. The lowest BCUT2D eigenvalue weighted by molar-refractivity contribution is -0.143. The number of amides is 1. The average molecular weight is 532 g/mol. The third-order valence-electron chi connectivity index (χ3n) is 5.99. The number of anilines is 1. The van der Waals surface area contributed by atoms with Crippen molar-refractivity contribution >= 4 is 32.6 Å². The molecule has 12 heteroatoms. The van der Waals surface area contributed by atoms with E-state index in [0.29, 0.717) is 50.5 Å². The summed E-state index contributed by atoms with van der Waals surface area (Å²) in [6, 6.07) is 4.69. The molecule has 36 heavy (non-hydrogen) atoms. The Morgan fingerprint density at radius 1 is 1.00 bits per heavy atom. The van der Waals surface area contributed by atoms with Gasteiger partial charge in [0.2, 0.25) is 0 Å². The normalized spacial score (nSPS) is 15.4. The Labute approximate surface area is 207 Å². The minimum Gasteiger partial charge on any atom is -0.379 e. The van der Waals surface area contributed by atoms with E-state index in [1.54, 1.807) is 0 Å². The Bertz CT molecular complexity index is 1190. The van der Waals surface area contributed by atoms with Gasteiger partial charge in [-0.3, -0.25) is 14.6 Å². The van der Waals surface area contributed by atoms with E-state index in [1.807, 2.05) is 30.9 Å². The number of carbonyl (C=O) groups excluding carboxylic acids is 1. The van der Waals surface area contributed by atoms with E-state index in [1.165, 1.54) is 16.2 Å². The van der Waals surface area contributed by atoms with Crippen LogP contribution in [-0.4, -0.2) is 55.2 Å². The number of benzene rings is 2. The number of aromatic nitrogens is 1. The maximum absolute atomic E-state index is 13.5. The van der Waals surface area contributed by atoms with Gasteiger partial charge in [0.05, 0.1) is 34.6 Å². The van der Waals surface area contributed by atoms with Crippen molar-refractivity contribution in [2.45, 2.75) is 26.2 Å². The lowest BCUT2D eigenvalue weighted by Gasteiger charge is -2.29. The van der Waals surface area contributed by atoms with Gasteiger partial charge in [-0.2, -0.15) is 26.3 Å². The molecule has 0 aliphatic carbocycles. The lowest BCUT2D eigenvalue weighted by atomic mass is 10.0. The summed E-state index contributed by atoms with van der Waals surface area (Å²) >= 11 is 1.18. The van der Waals surface area contributed by atoms with Crippen LogP contribution < -0.4 is 4.90 Å². The SMILES string of the molecule is Cc1ccc(C)c2sc(N(CCN3CCOCC3)C(=O)c3cc(C(F)(F)F)cc(C(F)(F)F)c3)nc12. The zero-order valence-corrected chi connectivity index (χ0v) is 20.3. The number of alkyl halides is 6. The van der Waals surface area contributed by atoms with Crippen LogP contribution in [0.25, 0.3) is 10.2 Å². The number of halogens is 6. The Morgan fingerprint density at radius 3 is 2.14 bits per heavy atom. The molecule has 0 saturated carbocycles. The summed E-state index contributed by atoms with van der Waals surface area (Å²) in [5, 5.41) is 0.214. The molecular formula is C24H23F6N3O2S. The molecule has 5 nitrogen and oxygen atoms in total. The predicted molar refractivity (Wildman–Crippen MR) is 124 cm³/mol. The van der Waals surface area contributed by atoms with Crippen LogP contribution in [0.5, 0.6) is 0 Å². The monoisotopic (exact) mass is 531 g/mol. The third kappa shape index (κ3) is 5.65. The van der Waals surface area contributed by atoms with Gasteiger partial charge in [-0.25, -0.2) is 4.98 Å². The van der Waals surface area contributed by atoms with Crippen LogP contribution in [0, 0.1) is 13.8 Å². The topological polar surface area (TPSA) is 45.7 Å². The smallest absolute Gasteiger partial charge is 0.379 e. The van der Waals surface area contributed by atoms with E-state index < -0.39 is 35.0 Å². The number of nitrogens with zero attached hydrogens (tertiary/aromatic N) is 3. The van der Waals surface area contributed by atoms with Gasteiger partial charge in [0, 0.05) is 31.7 Å². The number of ether oxygens (including phenoxy) is 1. The highest BCUT2D eigenvalue weighted by atomic mass is 32.1. The molecule has 4 rings (SSSR count). The minimum absolute atomic E-state index is 0.0132. The van der Waals surface area contributed by atoms with Crippen LogP contribution in [0.2, 0.25) is 0 Å². The Hall–Kier alpha value is -2.70. The first-order valence-corrected chi connectivity index (χ1v) is 11.9. The van der Waals surface area contributed by atoms with E-state index >= 15 is 0 Å². The summed E-state index contributed by atoms with van der Waals surface area (Å²) in [5.41, 5.74) is -1.39. The number of hydrogen-bond acceptors (Lipinski definition) is 5. The van der Waals surface area contributed by atoms with Crippen LogP contribution in [0.1, 0.15) is 32.6 Å². The maximum Gasteiger partial charge on any atom is 0.416 e. The molecular weight excluding hydrogens is 508 g/mol. The average Bonchev–Trinajstić information content (AvgIpc) is 3.27. The highest BCUT2D eigenvalue weighted by Crippen LogP contribution is 2.38. The molecule has 2 aromatic carbocycles. The molecule has 194 valence electrons. The third-order valence-corrected chi connectivity index (χ3v) is 7.20. The predicted octanol–water partition coefficient (Wildman–Crippen LogP) is 5.93. The van der Waals surface area contributed by atoms with E-state index in [4.69, 9.17) is 4.74 Å². The fourth-order valence-electron chi connectivity index (χ4n) is 3.95. The van der Waals surface area contributed by atoms with Crippen molar-refractivity contribution in [3.8, 4) is 0 Å². The van der Waals surface area contributed by atoms with E-state index in [9.17, 15) is 31.1 Å². The molecule has 1 aliphatic heterocycles. The van der Waals surface area contributed by atoms with Crippen molar-refractivity contribution in [3.63, 3.8) is 0 Å². The second-order valence-corrected chi connectivity index (χ2v) is 9.56. The quantitative estimate of drug-likeness (QED) is 0.383. The minimum atomic E-state index is -5.06. The standard InChI is InChI=1S/C24H23F6N3O2S/c1-14-3-4-15(2)20-19(14)31-22(36-20)33(6-5-32-7-9-35-10-8-32)21(34)16-11-17(23(25,26)27)13-18(12-16)24(28,29)30/h3-4,11-13H,5-10H2,1-2H3. The summed E-state index contributed by atoms with van der Waals surface area (Å²) in [6.07, 6.45) is -10.1. The van der Waals surface area contributed by atoms with Crippen LogP contribution >= 0.6 is 11.3 Å². The Balaban J connectivity index is 1.78. The largest absolute Gasteiger partial charge is 0.416 e. The number of carbonyl (C=O) groups is 1. The molecule has 1 fully saturated rings. The molecule has 0 bridgehead atoms. The Kier molecular flexibility index (Phi) is 7.31. The number of fused-ring (bicyclic) bond motifs is 1. The second kappa shape index (κ2) is 9.98. The number of thiazole rings is 1. The van der Waals surface area contributed by atoms with Gasteiger partial charge >= 0.3 is 12.4 Å². The summed E-state index contributed by atoms with van der Waals surface area (Å²) in [6.45, 7) is 6.29. The number of hydrogen-bond donors (Lipinski definition) is 0. The van der Waals surface area contributed by atoms with Gasteiger partial charge in [-0.1, -0.05) is 23.5 Å². The molecule has 0 unspecified atom stereocenters. The van der Waals surface area contributed by atoms with Gasteiger partial charge in [0.15, 0.2) is 5.13 Å². The first kappa shape index (κ1) is 26.4. The molecule has 0 radical (unpaired) electrons. The van der Waals surface area contributed by atoms with E-state index in [0.717, 1.165) is 15.8 Å². The number of aryl methyl sites for hydroxylation is 2. The highest BCUT2D eigenvalue weighted by molar-refractivity contribution is 7.22. The molecule has 0 spiro atoms. The maximum atomic E-state index is 13.5. The van der Waals surface area contributed by atoms with Gasteiger partial charge < -0.3 is 4.74 Å². The summed E-state index contributed by atoms with van der Waals surface area (Å²) in [5.74, 6) is -0.978. The van der Waals surface area contributed by atoms with Crippen molar-refractivity contribution in [2.24, 2.45) is 0 Å². The Morgan fingerprint density at radius 2 is 1.58 bits per heavy atom. The van der Waals surface area contributed by atoms with Crippen molar-refractivity contribution in [1.29, 1.82) is 0 Å². The van der Waals surface area contributed by atoms with E-state index in [2.05, 4.69) is 4.98 Å². The van der Waals surface area contributed by atoms with E-state index in [-0.39, 0.29) is 17.7 Å². The van der Waals surface area contributed by atoms with Crippen LogP contribution in [0.4, 0.5) is 31.5 Å². The fourth-order valence-corrected chi connectivity index (χ4v) is 5.08. The summed E-state index contributed by atoms with van der Waals surface area (Å²) in [7, 11) is 0. The zero-order valence-electron chi connectivity index (χ0n) is 19.5. The molecule has 3 aromatic rings. The van der Waals surface area contributed by atoms with Crippen LogP contribution in [0.15, 0.2) is 30.3 Å². The van der Waals surface area contributed by atoms with Gasteiger partial charge in [0.25, 0.3) is 5.91 Å². The molecule has 1 amide bonds. The van der Waals surface area contributed by atoms with Crippen LogP contribution in [-0.2, 0) is 17.1 Å². The van der Waals surface area contributed by atoms with Crippen molar-refractivity contribution < 1.29 is 35.9 Å². The lowest BCUT2D eigenvalue weighted by Crippen LogP contribution is -2.43.